The van der Waals surface area contributed by atoms with Crippen molar-refractivity contribution in [3.63, 3.8) is 0 Å². The summed E-state index contributed by atoms with van der Waals surface area (Å²) in [7, 11) is 0. The molecule has 2 aromatic rings. The van der Waals surface area contributed by atoms with Gasteiger partial charge in [-0.15, -0.1) is 0 Å². The van der Waals surface area contributed by atoms with Crippen molar-refractivity contribution in [2.75, 3.05) is 10.6 Å². The zero-order valence-corrected chi connectivity index (χ0v) is 12.2. The zero-order chi connectivity index (χ0) is 14.7. The number of amides is 1. The van der Waals surface area contributed by atoms with Crippen LogP contribution in [0.4, 0.5) is 11.4 Å². The van der Waals surface area contributed by atoms with Crippen LogP contribution in [0.25, 0.3) is 0 Å². The van der Waals surface area contributed by atoms with Gasteiger partial charge in [-0.05, 0) is 49.6 Å². The van der Waals surface area contributed by atoms with Crippen LogP contribution in [0.2, 0.25) is 0 Å². The quantitative estimate of drug-likeness (QED) is 0.875. The molecule has 1 aliphatic carbocycles. The number of anilines is 2. The van der Waals surface area contributed by atoms with Crippen molar-refractivity contribution >= 4 is 17.3 Å². The molecule has 1 amide bonds. The van der Waals surface area contributed by atoms with E-state index in [0.29, 0.717) is 12.5 Å². The number of carbonyl (C=O) groups is 1. The Morgan fingerprint density at radius 1 is 1.10 bits per heavy atom. The van der Waals surface area contributed by atoms with Gasteiger partial charge in [-0.25, -0.2) is 0 Å². The van der Waals surface area contributed by atoms with Crippen LogP contribution in [0.5, 0.6) is 0 Å². The van der Waals surface area contributed by atoms with Gasteiger partial charge >= 0.3 is 0 Å². The van der Waals surface area contributed by atoms with E-state index >= 15 is 0 Å². The molecule has 0 spiro atoms. The Labute approximate surface area is 125 Å². The van der Waals surface area contributed by atoms with Crippen LogP contribution in [0.15, 0.2) is 48.5 Å². The first-order valence-electron chi connectivity index (χ1n) is 7.41. The number of nitrogens with one attached hydrogen (secondary N) is 2. The van der Waals surface area contributed by atoms with E-state index in [1.54, 1.807) is 0 Å². The maximum absolute atomic E-state index is 12.0. The van der Waals surface area contributed by atoms with Crippen molar-refractivity contribution in [3.8, 4) is 0 Å². The molecule has 0 saturated heterocycles. The first-order chi connectivity index (χ1) is 10.2. The number of hydrogen-bond donors (Lipinski definition) is 2. The summed E-state index contributed by atoms with van der Waals surface area (Å²) in [6.07, 6.45) is 2.92. The highest BCUT2D eigenvalue weighted by Crippen LogP contribution is 2.25. The second-order valence-corrected chi connectivity index (χ2v) is 5.71. The molecule has 1 fully saturated rings. The molecule has 1 aliphatic rings. The number of aryl methyl sites for hydroxylation is 1. The maximum Gasteiger partial charge on any atom is 0.228 e. The Kier molecular flexibility index (Phi) is 3.91. The monoisotopic (exact) mass is 280 g/mol. The number of benzene rings is 2. The molecule has 3 heteroatoms. The first-order valence-corrected chi connectivity index (χ1v) is 7.41. The third-order valence-corrected chi connectivity index (χ3v) is 3.56. The third-order valence-electron chi connectivity index (χ3n) is 3.56. The molecule has 2 aromatic carbocycles. The average Bonchev–Trinajstić information content (AvgIpc) is 3.25. The highest BCUT2D eigenvalue weighted by atomic mass is 16.1. The summed E-state index contributed by atoms with van der Waals surface area (Å²) in [5.41, 5.74) is 4.18. The minimum absolute atomic E-state index is 0.0171. The predicted molar refractivity (Wildman–Crippen MR) is 86.6 cm³/mol. The molecule has 0 aromatic heterocycles. The summed E-state index contributed by atoms with van der Waals surface area (Å²) in [5.74, 6) is 0.0171. The van der Waals surface area contributed by atoms with Crippen LogP contribution in [0.1, 0.15) is 24.0 Å². The van der Waals surface area contributed by atoms with Gasteiger partial charge in [0.2, 0.25) is 5.91 Å². The van der Waals surface area contributed by atoms with Crippen molar-refractivity contribution in [1.29, 1.82) is 0 Å². The predicted octanol–water partition coefficient (Wildman–Crippen LogP) is 3.75. The molecule has 2 N–H and O–H groups in total. The standard InChI is InChI=1S/C18H20N2O/c1-13-3-2-4-14(11-13)12-18(21)20-17-9-7-16(8-10-17)19-15-5-6-15/h2-4,7-11,15,19H,5-6,12H2,1H3,(H,20,21). The molecule has 0 atom stereocenters. The van der Waals surface area contributed by atoms with Crippen LogP contribution in [0.3, 0.4) is 0 Å². The lowest BCUT2D eigenvalue weighted by Crippen LogP contribution is -2.14. The zero-order valence-electron chi connectivity index (χ0n) is 12.2. The second kappa shape index (κ2) is 6.00. The number of rotatable bonds is 5. The van der Waals surface area contributed by atoms with Gasteiger partial charge in [-0.3, -0.25) is 4.79 Å². The fourth-order valence-electron chi connectivity index (χ4n) is 2.33. The SMILES string of the molecule is Cc1cccc(CC(=O)Nc2ccc(NC3CC3)cc2)c1. The van der Waals surface area contributed by atoms with Crippen LogP contribution in [-0.4, -0.2) is 11.9 Å². The van der Waals surface area contributed by atoms with Crippen molar-refractivity contribution < 1.29 is 4.79 Å². The van der Waals surface area contributed by atoms with E-state index in [2.05, 4.69) is 10.6 Å². The van der Waals surface area contributed by atoms with Gasteiger partial charge in [0, 0.05) is 17.4 Å². The van der Waals surface area contributed by atoms with Crippen LogP contribution >= 0.6 is 0 Å². The third kappa shape index (κ3) is 4.09. The Morgan fingerprint density at radius 2 is 1.81 bits per heavy atom. The second-order valence-electron chi connectivity index (χ2n) is 5.71. The van der Waals surface area contributed by atoms with E-state index in [4.69, 9.17) is 0 Å². The van der Waals surface area contributed by atoms with Crippen LogP contribution < -0.4 is 10.6 Å². The molecular weight excluding hydrogens is 260 g/mol. The average molecular weight is 280 g/mol. The summed E-state index contributed by atoms with van der Waals surface area (Å²) in [6, 6.07) is 16.6. The van der Waals surface area contributed by atoms with E-state index in [9.17, 15) is 4.79 Å². The first kappa shape index (κ1) is 13.7. The van der Waals surface area contributed by atoms with E-state index in [0.717, 1.165) is 16.9 Å². The normalized spacial score (nSPS) is 13.8. The molecule has 3 nitrogen and oxygen atoms in total. The molecule has 0 heterocycles. The molecule has 0 bridgehead atoms. The largest absolute Gasteiger partial charge is 0.382 e. The molecule has 108 valence electrons. The van der Waals surface area contributed by atoms with Gasteiger partial charge in [0.15, 0.2) is 0 Å². The van der Waals surface area contributed by atoms with Gasteiger partial charge in [-0.1, -0.05) is 29.8 Å². The molecule has 3 rings (SSSR count). The minimum atomic E-state index is 0.0171. The van der Waals surface area contributed by atoms with Gasteiger partial charge in [0.25, 0.3) is 0 Å². The molecular formula is C18H20N2O. The summed E-state index contributed by atoms with van der Waals surface area (Å²) < 4.78 is 0. The van der Waals surface area contributed by atoms with Gasteiger partial charge in [-0.2, -0.15) is 0 Å². The van der Waals surface area contributed by atoms with E-state index in [-0.39, 0.29) is 5.91 Å². The van der Waals surface area contributed by atoms with Crippen LogP contribution in [0, 0.1) is 6.92 Å². The van der Waals surface area contributed by atoms with E-state index < -0.39 is 0 Å². The van der Waals surface area contributed by atoms with E-state index in [1.165, 1.54) is 18.4 Å². The summed E-state index contributed by atoms with van der Waals surface area (Å²) in [5, 5.41) is 6.37. The lowest BCUT2D eigenvalue weighted by molar-refractivity contribution is -0.115. The van der Waals surface area contributed by atoms with Crippen molar-refractivity contribution in [2.45, 2.75) is 32.2 Å². The minimum Gasteiger partial charge on any atom is -0.382 e. The highest BCUT2D eigenvalue weighted by Gasteiger charge is 2.20. The van der Waals surface area contributed by atoms with Crippen molar-refractivity contribution in [2.24, 2.45) is 0 Å². The van der Waals surface area contributed by atoms with E-state index in [1.807, 2.05) is 55.5 Å². The molecule has 21 heavy (non-hydrogen) atoms. The highest BCUT2D eigenvalue weighted by molar-refractivity contribution is 5.92. The van der Waals surface area contributed by atoms with Gasteiger partial charge < -0.3 is 10.6 Å². The Balaban J connectivity index is 1.56. The van der Waals surface area contributed by atoms with Gasteiger partial charge in [0.05, 0.1) is 6.42 Å². The lowest BCUT2D eigenvalue weighted by Gasteiger charge is -2.08. The Bertz CT molecular complexity index is 630. The molecule has 1 saturated carbocycles. The number of carbonyl (C=O) groups excluding carboxylic acids is 1. The summed E-state index contributed by atoms with van der Waals surface area (Å²) in [4.78, 5) is 12.0. The number of hydrogen-bond acceptors (Lipinski definition) is 2. The Hall–Kier alpha value is -2.29. The van der Waals surface area contributed by atoms with Crippen molar-refractivity contribution in [3.05, 3.63) is 59.7 Å². The summed E-state index contributed by atoms with van der Waals surface area (Å²) in [6.45, 7) is 2.03. The fraction of sp³-hybridized carbons (Fsp3) is 0.278. The topological polar surface area (TPSA) is 41.1 Å². The smallest absolute Gasteiger partial charge is 0.228 e. The van der Waals surface area contributed by atoms with Crippen LogP contribution in [-0.2, 0) is 11.2 Å². The summed E-state index contributed by atoms with van der Waals surface area (Å²) >= 11 is 0. The molecule has 0 radical (unpaired) electrons. The lowest BCUT2D eigenvalue weighted by atomic mass is 10.1. The molecule has 0 aliphatic heterocycles. The van der Waals surface area contributed by atoms with Crippen molar-refractivity contribution in [1.82, 2.24) is 0 Å². The van der Waals surface area contributed by atoms with Gasteiger partial charge in [0.1, 0.15) is 0 Å². The Morgan fingerprint density at radius 3 is 2.48 bits per heavy atom. The molecule has 0 unspecified atom stereocenters. The fourth-order valence-corrected chi connectivity index (χ4v) is 2.33. The maximum atomic E-state index is 12.0.